The van der Waals surface area contributed by atoms with Crippen LogP contribution >= 0.6 is 11.3 Å². The Labute approximate surface area is 142 Å². The molecule has 3 rings (SSSR count). The van der Waals surface area contributed by atoms with Crippen molar-refractivity contribution in [3.8, 4) is 0 Å². The van der Waals surface area contributed by atoms with Gasteiger partial charge in [0, 0.05) is 36.7 Å². The number of benzene rings is 1. The summed E-state index contributed by atoms with van der Waals surface area (Å²) in [6.45, 7) is 8.09. The summed E-state index contributed by atoms with van der Waals surface area (Å²) in [5.74, 6) is 0.243. The number of carbonyl (C=O) groups excluding carboxylic acids is 1. The molecule has 1 aliphatic heterocycles. The molecule has 0 saturated carbocycles. The van der Waals surface area contributed by atoms with E-state index in [-0.39, 0.29) is 11.3 Å². The highest BCUT2D eigenvalue weighted by atomic mass is 32.1. The highest BCUT2D eigenvalue weighted by Gasteiger charge is 2.21. The number of rotatable bonds is 3. The molecule has 0 saturated heterocycles. The molecular weight excluding hydrogens is 304 g/mol. The predicted molar refractivity (Wildman–Crippen MR) is 94.7 cm³/mol. The van der Waals surface area contributed by atoms with Gasteiger partial charge in [0.25, 0.3) is 0 Å². The van der Waals surface area contributed by atoms with E-state index in [0.717, 1.165) is 36.6 Å². The number of aromatic nitrogens is 1. The summed E-state index contributed by atoms with van der Waals surface area (Å²) in [5, 5.41) is 3.19. The monoisotopic (exact) mass is 328 g/mol. The fourth-order valence-electron chi connectivity index (χ4n) is 2.85. The van der Waals surface area contributed by atoms with Gasteiger partial charge in [0.1, 0.15) is 0 Å². The van der Waals surface area contributed by atoms with Gasteiger partial charge in [0.05, 0.1) is 10.7 Å². The van der Waals surface area contributed by atoms with Crippen molar-refractivity contribution in [1.29, 1.82) is 0 Å². The molecule has 0 spiro atoms. The highest BCUT2D eigenvalue weighted by Crippen LogP contribution is 2.25. The number of carbonyl (C=O) groups is 1. The van der Waals surface area contributed by atoms with Gasteiger partial charge < -0.3 is 4.90 Å². The van der Waals surface area contributed by atoms with Crippen LogP contribution in [0.2, 0.25) is 0 Å². The molecule has 1 aromatic carbocycles. The van der Waals surface area contributed by atoms with Crippen LogP contribution < -0.4 is 0 Å². The van der Waals surface area contributed by atoms with Crippen molar-refractivity contribution in [3.05, 3.63) is 51.5 Å². The fraction of sp³-hybridized carbons (Fsp3) is 0.474. The molecule has 23 heavy (non-hydrogen) atoms. The lowest BCUT2D eigenvalue weighted by Crippen LogP contribution is -2.36. The number of aryl methyl sites for hydroxylation is 1. The Morgan fingerprint density at radius 2 is 2.00 bits per heavy atom. The minimum Gasteiger partial charge on any atom is -0.338 e. The van der Waals surface area contributed by atoms with E-state index in [1.807, 2.05) is 4.90 Å². The summed E-state index contributed by atoms with van der Waals surface area (Å²) in [4.78, 5) is 19.2. The second-order valence-corrected chi connectivity index (χ2v) is 8.15. The van der Waals surface area contributed by atoms with E-state index in [9.17, 15) is 4.79 Å². The standard InChI is InChI=1S/C19H24N2OS/c1-19(2,3)16-13-23-17(20-16)8-9-18(22)21-11-10-14-6-4-5-7-15(14)12-21/h4-7,13H,8-12H2,1-3H3. The van der Waals surface area contributed by atoms with E-state index < -0.39 is 0 Å². The molecule has 0 fully saturated rings. The Morgan fingerprint density at radius 3 is 2.70 bits per heavy atom. The maximum Gasteiger partial charge on any atom is 0.223 e. The zero-order valence-electron chi connectivity index (χ0n) is 14.1. The lowest BCUT2D eigenvalue weighted by atomic mass is 9.93. The van der Waals surface area contributed by atoms with Crippen LogP contribution in [0.1, 0.15) is 49.0 Å². The Bertz CT molecular complexity index is 699. The number of hydrogen-bond acceptors (Lipinski definition) is 3. The first-order valence-corrected chi connectivity index (χ1v) is 9.11. The Hall–Kier alpha value is -1.68. The Balaban J connectivity index is 1.57. The molecule has 122 valence electrons. The van der Waals surface area contributed by atoms with Crippen molar-refractivity contribution in [2.75, 3.05) is 6.54 Å². The van der Waals surface area contributed by atoms with E-state index >= 15 is 0 Å². The summed E-state index contributed by atoms with van der Waals surface area (Å²) >= 11 is 1.67. The molecule has 2 heterocycles. The summed E-state index contributed by atoms with van der Waals surface area (Å²) in [5.41, 5.74) is 3.87. The maximum absolute atomic E-state index is 12.5. The normalized spacial score (nSPS) is 14.7. The summed E-state index contributed by atoms with van der Waals surface area (Å²) in [7, 11) is 0. The summed E-state index contributed by atoms with van der Waals surface area (Å²) < 4.78 is 0. The quantitative estimate of drug-likeness (QED) is 0.854. The third kappa shape index (κ3) is 3.81. The van der Waals surface area contributed by atoms with Gasteiger partial charge >= 0.3 is 0 Å². The molecule has 2 aromatic rings. The maximum atomic E-state index is 12.5. The molecule has 4 heteroatoms. The van der Waals surface area contributed by atoms with Crippen molar-refractivity contribution in [2.45, 2.75) is 52.0 Å². The number of hydrogen-bond donors (Lipinski definition) is 0. The van der Waals surface area contributed by atoms with Gasteiger partial charge in [-0.1, -0.05) is 45.0 Å². The molecule has 0 radical (unpaired) electrons. The van der Waals surface area contributed by atoms with Crippen LogP contribution in [0.4, 0.5) is 0 Å². The van der Waals surface area contributed by atoms with Crippen molar-refractivity contribution in [3.63, 3.8) is 0 Å². The van der Waals surface area contributed by atoms with Gasteiger partial charge in [0.15, 0.2) is 0 Å². The van der Waals surface area contributed by atoms with Gasteiger partial charge in [-0.3, -0.25) is 4.79 Å². The molecule has 1 amide bonds. The highest BCUT2D eigenvalue weighted by molar-refractivity contribution is 7.09. The topological polar surface area (TPSA) is 33.2 Å². The van der Waals surface area contributed by atoms with Gasteiger partial charge in [-0.25, -0.2) is 4.98 Å². The number of amides is 1. The van der Waals surface area contributed by atoms with Crippen LogP contribution in [0.5, 0.6) is 0 Å². The zero-order chi connectivity index (χ0) is 16.4. The van der Waals surface area contributed by atoms with Crippen molar-refractivity contribution in [1.82, 2.24) is 9.88 Å². The minimum atomic E-state index is 0.0787. The third-order valence-corrected chi connectivity index (χ3v) is 5.26. The number of nitrogens with zero attached hydrogens (tertiary/aromatic N) is 2. The van der Waals surface area contributed by atoms with E-state index in [1.165, 1.54) is 11.1 Å². The smallest absolute Gasteiger partial charge is 0.223 e. The SMILES string of the molecule is CC(C)(C)c1csc(CCC(=O)N2CCc3ccccc3C2)n1. The zero-order valence-corrected chi connectivity index (χ0v) is 14.9. The molecule has 0 unspecified atom stereocenters. The molecule has 3 nitrogen and oxygen atoms in total. The molecule has 0 aliphatic carbocycles. The van der Waals surface area contributed by atoms with Crippen molar-refractivity contribution >= 4 is 17.2 Å². The largest absolute Gasteiger partial charge is 0.338 e. The minimum absolute atomic E-state index is 0.0787. The summed E-state index contributed by atoms with van der Waals surface area (Å²) in [6, 6.07) is 8.42. The number of thiazole rings is 1. The van der Waals surface area contributed by atoms with E-state index in [4.69, 9.17) is 0 Å². The van der Waals surface area contributed by atoms with Crippen LogP contribution in [0.25, 0.3) is 0 Å². The van der Waals surface area contributed by atoms with Gasteiger partial charge in [-0.05, 0) is 17.5 Å². The lowest BCUT2D eigenvalue weighted by Gasteiger charge is -2.28. The van der Waals surface area contributed by atoms with Crippen LogP contribution in [0.15, 0.2) is 29.6 Å². The molecule has 1 aliphatic rings. The Morgan fingerprint density at radius 1 is 1.26 bits per heavy atom. The average Bonchev–Trinajstić information content (AvgIpc) is 3.01. The van der Waals surface area contributed by atoms with Gasteiger partial charge in [-0.2, -0.15) is 0 Å². The first-order chi connectivity index (χ1) is 10.9. The average molecular weight is 328 g/mol. The van der Waals surface area contributed by atoms with E-state index in [1.54, 1.807) is 11.3 Å². The summed E-state index contributed by atoms with van der Waals surface area (Å²) in [6.07, 6.45) is 2.27. The molecule has 0 atom stereocenters. The second kappa shape index (κ2) is 6.44. The first kappa shape index (κ1) is 16.2. The van der Waals surface area contributed by atoms with Crippen molar-refractivity contribution in [2.24, 2.45) is 0 Å². The van der Waals surface area contributed by atoms with E-state index in [2.05, 4.69) is 55.4 Å². The third-order valence-electron chi connectivity index (χ3n) is 4.36. The molecular formula is C19H24N2OS. The van der Waals surface area contributed by atoms with E-state index in [0.29, 0.717) is 6.42 Å². The number of fused-ring (bicyclic) bond motifs is 1. The fourth-order valence-corrected chi connectivity index (χ4v) is 3.88. The second-order valence-electron chi connectivity index (χ2n) is 7.21. The van der Waals surface area contributed by atoms with Crippen LogP contribution in [-0.2, 0) is 29.6 Å². The predicted octanol–water partition coefficient (Wildman–Crippen LogP) is 3.96. The van der Waals surface area contributed by atoms with Crippen molar-refractivity contribution < 1.29 is 4.79 Å². The van der Waals surface area contributed by atoms with Gasteiger partial charge in [0.2, 0.25) is 5.91 Å². The lowest BCUT2D eigenvalue weighted by molar-refractivity contribution is -0.132. The Kier molecular flexibility index (Phi) is 4.53. The molecule has 0 N–H and O–H groups in total. The first-order valence-electron chi connectivity index (χ1n) is 8.23. The van der Waals surface area contributed by atoms with Crippen LogP contribution in [0, 0.1) is 0 Å². The molecule has 1 aromatic heterocycles. The van der Waals surface area contributed by atoms with Gasteiger partial charge in [-0.15, -0.1) is 11.3 Å². The molecule has 0 bridgehead atoms. The van der Waals surface area contributed by atoms with Crippen LogP contribution in [-0.4, -0.2) is 22.3 Å². The van der Waals surface area contributed by atoms with Crippen LogP contribution in [0.3, 0.4) is 0 Å².